The van der Waals surface area contributed by atoms with Gasteiger partial charge in [-0.3, -0.25) is 9.36 Å². The van der Waals surface area contributed by atoms with Crippen LogP contribution in [0.4, 0.5) is 4.39 Å². The van der Waals surface area contributed by atoms with Gasteiger partial charge in [0.05, 0.1) is 25.0 Å². The van der Waals surface area contributed by atoms with Gasteiger partial charge in [0.25, 0.3) is 5.56 Å². The van der Waals surface area contributed by atoms with Gasteiger partial charge in [-0.2, -0.15) is 0 Å². The third-order valence-electron chi connectivity index (χ3n) is 2.66. The van der Waals surface area contributed by atoms with Crippen molar-refractivity contribution in [3.05, 3.63) is 34.6 Å². The summed E-state index contributed by atoms with van der Waals surface area (Å²) < 4.78 is 20.1. The van der Waals surface area contributed by atoms with E-state index in [2.05, 4.69) is 4.98 Å². The molecule has 0 fully saturated rings. The smallest absolute Gasteiger partial charge is 0.264 e. The number of benzene rings is 1. The number of hydrogen-bond donors (Lipinski definition) is 0. The maximum absolute atomic E-state index is 13.9. The molecule has 4 nitrogen and oxygen atoms in total. The minimum absolute atomic E-state index is 0.0450. The number of nitrogens with zero attached hydrogens (tertiary/aromatic N) is 2. The number of fused-ring (bicyclic) bond motifs is 1. The number of aromatic nitrogens is 2. The van der Waals surface area contributed by atoms with E-state index in [0.717, 1.165) is 0 Å². The molecule has 2 rings (SSSR count). The summed E-state index contributed by atoms with van der Waals surface area (Å²) in [6, 6.07) is 3.26. The maximum atomic E-state index is 13.9. The van der Waals surface area contributed by atoms with E-state index in [-0.39, 0.29) is 10.9 Å². The zero-order chi connectivity index (χ0) is 12.4. The molecule has 0 radical (unpaired) electrons. The van der Waals surface area contributed by atoms with Crippen molar-refractivity contribution in [2.24, 2.45) is 0 Å². The first-order valence-corrected chi connectivity index (χ1v) is 5.28. The molecule has 1 aromatic carbocycles. The fourth-order valence-corrected chi connectivity index (χ4v) is 1.66. The summed E-state index contributed by atoms with van der Waals surface area (Å²) in [7, 11) is 3.17. The molecular weight excluding hydrogens is 222 g/mol. The standard InChI is InChI=1S/C11H12BFN2O2/c1-17-5-4-15-6-14-8-3-2-7(12)10(13)9(8)11(15)16/h2-3,6H,4-5,12H2,1H3. The first-order valence-electron chi connectivity index (χ1n) is 5.28. The summed E-state index contributed by atoms with van der Waals surface area (Å²) in [5.41, 5.74) is 0.459. The van der Waals surface area contributed by atoms with Crippen LogP contribution in [0, 0.1) is 5.82 Å². The van der Waals surface area contributed by atoms with Crippen LogP contribution in [0.2, 0.25) is 0 Å². The minimum Gasteiger partial charge on any atom is -0.383 e. The van der Waals surface area contributed by atoms with Crippen LogP contribution in [0.5, 0.6) is 0 Å². The molecule has 0 atom stereocenters. The van der Waals surface area contributed by atoms with Gasteiger partial charge >= 0.3 is 0 Å². The van der Waals surface area contributed by atoms with Crippen molar-refractivity contribution in [1.82, 2.24) is 9.55 Å². The Bertz CT molecular complexity index is 612. The predicted octanol–water partition coefficient (Wildman–Crippen LogP) is -0.560. The average Bonchev–Trinajstić information content (AvgIpc) is 2.33. The molecule has 0 saturated carbocycles. The zero-order valence-electron chi connectivity index (χ0n) is 9.74. The molecule has 88 valence electrons. The number of methoxy groups -OCH3 is 1. The van der Waals surface area contributed by atoms with E-state index in [0.29, 0.717) is 24.1 Å². The largest absolute Gasteiger partial charge is 0.383 e. The molecule has 0 spiro atoms. The molecule has 0 aliphatic rings. The van der Waals surface area contributed by atoms with Gasteiger partial charge in [-0.15, -0.1) is 0 Å². The highest BCUT2D eigenvalue weighted by atomic mass is 19.1. The van der Waals surface area contributed by atoms with Crippen LogP contribution in [-0.4, -0.2) is 31.1 Å². The minimum atomic E-state index is -0.494. The van der Waals surface area contributed by atoms with Crippen LogP contribution in [0.25, 0.3) is 10.9 Å². The lowest BCUT2D eigenvalue weighted by molar-refractivity contribution is 0.186. The number of rotatable bonds is 3. The van der Waals surface area contributed by atoms with Gasteiger partial charge in [0.1, 0.15) is 19.0 Å². The third-order valence-corrected chi connectivity index (χ3v) is 2.66. The van der Waals surface area contributed by atoms with Crippen LogP contribution in [0.15, 0.2) is 23.3 Å². The number of hydrogen-bond acceptors (Lipinski definition) is 3. The molecular formula is C11H12BFN2O2. The molecule has 0 amide bonds. The second-order valence-corrected chi connectivity index (χ2v) is 3.83. The quantitative estimate of drug-likeness (QED) is 0.668. The van der Waals surface area contributed by atoms with Crippen molar-refractivity contribution in [1.29, 1.82) is 0 Å². The maximum Gasteiger partial charge on any atom is 0.264 e. The fourth-order valence-electron chi connectivity index (χ4n) is 1.66. The van der Waals surface area contributed by atoms with Crippen LogP contribution >= 0.6 is 0 Å². The molecule has 1 aromatic heterocycles. The Morgan fingerprint density at radius 2 is 2.29 bits per heavy atom. The predicted molar refractivity (Wildman–Crippen MR) is 66.0 cm³/mol. The van der Waals surface area contributed by atoms with Gasteiger partial charge in [-0.1, -0.05) is 11.5 Å². The molecule has 6 heteroatoms. The first-order chi connectivity index (χ1) is 8.15. The summed E-state index contributed by atoms with van der Waals surface area (Å²) in [6.45, 7) is 0.756. The summed E-state index contributed by atoms with van der Waals surface area (Å²) >= 11 is 0. The molecule has 0 saturated heterocycles. The lowest BCUT2D eigenvalue weighted by Crippen LogP contribution is -2.25. The highest BCUT2D eigenvalue weighted by Gasteiger charge is 2.10. The molecule has 0 unspecified atom stereocenters. The summed E-state index contributed by atoms with van der Waals surface area (Å²) in [5.74, 6) is -0.494. The fraction of sp³-hybridized carbons (Fsp3) is 0.273. The van der Waals surface area contributed by atoms with Gasteiger partial charge in [-0.05, 0) is 6.07 Å². The van der Waals surface area contributed by atoms with Gasteiger partial charge in [0, 0.05) is 7.11 Å². The molecule has 0 N–H and O–H groups in total. The molecule has 0 bridgehead atoms. The van der Waals surface area contributed by atoms with Crippen molar-refractivity contribution >= 4 is 24.2 Å². The molecule has 2 aromatic rings. The topological polar surface area (TPSA) is 44.1 Å². The van der Waals surface area contributed by atoms with Crippen molar-refractivity contribution < 1.29 is 9.13 Å². The number of halogens is 1. The van der Waals surface area contributed by atoms with Crippen molar-refractivity contribution in [2.75, 3.05) is 13.7 Å². The Morgan fingerprint density at radius 3 is 3.00 bits per heavy atom. The van der Waals surface area contributed by atoms with E-state index in [9.17, 15) is 9.18 Å². The SMILES string of the molecule is Bc1ccc2ncn(CCOC)c(=O)c2c1F. The highest BCUT2D eigenvalue weighted by molar-refractivity contribution is 6.33. The van der Waals surface area contributed by atoms with Crippen LogP contribution in [0.1, 0.15) is 0 Å². The van der Waals surface area contributed by atoms with Crippen molar-refractivity contribution in [3.8, 4) is 0 Å². The lowest BCUT2D eigenvalue weighted by atomic mass is 9.94. The van der Waals surface area contributed by atoms with E-state index in [1.807, 2.05) is 0 Å². The molecule has 0 aliphatic carbocycles. The van der Waals surface area contributed by atoms with Crippen LogP contribution in [0.3, 0.4) is 0 Å². The van der Waals surface area contributed by atoms with E-state index < -0.39 is 5.82 Å². The monoisotopic (exact) mass is 234 g/mol. The van der Waals surface area contributed by atoms with Gasteiger partial charge in [0.15, 0.2) is 0 Å². The van der Waals surface area contributed by atoms with E-state index in [1.165, 1.54) is 10.9 Å². The Morgan fingerprint density at radius 1 is 1.53 bits per heavy atom. The Balaban J connectivity index is 2.65. The lowest BCUT2D eigenvalue weighted by Gasteiger charge is -2.07. The number of ether oxygens (including phenoxy) is 1. The van der Waals surface area contributed by atoms with Crippen LogP contribution in [-0.2, 0) is 11.3 Å². The molecule has 1 heterocycles. The van der Waals surface area contributed by atoms with Crippen molar-refractivity contribution in [3.63, 3.8) is 0 Å². The third kappa shape index (κ3) is 2.08. The van der Waals surface area contributed by atoms with Crippen LogP contribution < -0.4 is 11.0 Å². The molecule has 0 aliphatic heterocycles. The van der Waals surface area contributed by atoms with E-state index in [1.54, 1.807) is 27.1 Å². The zero-order valence-corrected chi connectivity index (χ0v) is 9.74. The normalized spacial score (nSPS) is 10.9. The highest BCUT2D eigenvalue weighted by Crippen LogP contribution is 2.08. The second kappa shape index (κ2) is 4.67. The average molecular weight is 234 g/mol. The summed E-state index contributed by atoms with van der Waals surface area (Å²) in [5, 5.41) is 0.0450. The van der Waals surface area contributed by atoms with E-state index >= 15 is 0 Å². The Labute approximate surface area is 98.4 Å². The van der Waals surface area contributed by atoms with Gasteiger partial charge in [-0.25, -0.2) is 9.37 Å². The summed E-state index contributed by atoms with van der Waals surface area (Å²) in [6.07, 6.45) is 1.42. The van der Waals surface area contributed by atoms with E-state index in [4.69, 9.17) is 4.74 Å². The van der Waals surface area contributed by atoms with Gasteiger partial charge < -0.3 is 4.74 Å². The van der Waals surface area contributed by atoms with Crippen molar-refractivity contribution in [2.45, 2.75) is 6.54 Å². The molecule has 17 heavy (non-hydrogen) atoms. The second-order valence-electron chi connectivity index (χ2n) is 3.83. The summed E-state index contributed by atoms with van der Waals surface area (Å²) in [4.78, 5) is 16.1. The van der Waals surface area contributed by atoms with Gasteiger partial charge in [0.2, 0.25) is 0 Å². The Hall–Kier alpha value is -1.69. The Kier molecular flexibility index (Phi) is 3.24. The first kappa shape index (κ1) is 11.8.